The monoisotopic (exact) mass is 432 g/mol. The van der Waals surface area contributed by atoms with Crippen molar-refractivity contribution in [3.8, 4) is 0 Å². The summed E-state index contributed by atoms with van der Waals surface area (Å²) in [4.78, 5) is 35.9. The highest BCUT2D eigenvalue weighted by Crippen LogP contribution is 2.30. The molecule has 3 aliphatic rings. The molecule has 0 radical (unpaired) electrons. The van der Waals surface area contributed by atoms with Gasteiger partial charge in [0.2, 0.25) is 5.91 Å². The van der Waals surface area contributed by atoms with Crippen LogP contribution < -0.4 is 0 Å². The van der Waals surface area contributed by atoms with Crippen LogP contribution in [0.3, 0.4) is 0 Å². The zero-order valence-corrected chi connectivity index (χ0v) is 18.5. The smallest absolute Gasteiger partial charge is 0.318 e. The van der Waals surface area contributed by atoms with Crippen LogP contribution >= 0.6 is 11.6 Å². The number of imide groups is 1. The van der Waals surface area contributed by atoms with Crippen LogP contribution in [0.25, 0.3) is 0 Å². The summed E-state index contributed by atoms with van der Waals surface area (Å²) in [6.45, 7) is 1.89. The number of halogens is 1. The van der Waals surface area contributed by atoms with Gasteiger partial charge in [-0.15, -0.1) is 0 Å². The molecule has 0 unspecified atom stereocenters. The zero-order chi connectivity index (χ0) is 20.9. The number of hydrogen-bond acceptors (Lipinski definition) is 4. The maximum absolute atomic E-state index is 13.2. The number of carbonyl (C=O) groups excluding carboxylic acids is 2. The molecule has 0 atom stereocenters. The Kier molecular flexibility index (Phi) is 7.26. The highest BCUT2D eigenvalue weighted by molar-refractivity contribution is 6.29. The predicted molar refractivity (Wildman–Crippen MR) is 117 cm³/mol. The van der Waals surface area contributed by atoms with E-state index in [-0.39, 0.29) is 11.9 Å². The molecule has 0 spiro atoms. The van der Waals surface area contributed by atoms with Gasteiger partial charge < -0.3 is 4.90 Å². The first-order chi connectivity index (χ1) is 14.6. The van der Waals surface area contributed by atoms with Crippen LogP contribution in [0.15, 0.2) is 18.3 Å². The Balaban J connectivity index is 1.39. The molecule has 2 aliphatic carbocycles. The fourth-order valence-corrected chi connectivity index (χ4v) is 5.42. The average Bonchev–Trinajstić information content (AvgIpc) is 3.15. The van der Waals surface area contributed by atoms with E-state index in [1.165, 1.54) is 69.1 Å². The Morgan fingerprint density at radius 2 is 1.63 bits per heavy atom. The van der Waals surface area contributed by atoms with Crippen molar-refractivity contribution in [1.82, 2.24) is 19.7 Å². The molecular formula is C23H33ClN4O2. The summed E-state index contributed by atoms with van der Waals surface area (Å²) in [6, 6.07) is 4.43. The quantitative estimate of drug-likeness (QED) is 0.622. The molecule has 4 rings (SSSR count). The van der Waals surface area contributed by atoms with Crippen LogP contribution in [-0.4, -0.2) is 63.3 Å². The Morgan fingerprint density at radius 3 is 2.20 bits per heavy atom. The van der Waals surface area contributed by atoms with E-state index in [1.54, 1.807) is 17.2 Å². The van der Waals surface area contributed by atoms with Gasteiger partial charge in [-0.2, -0.15) is 0 Å². The topological polar surface area (TPSA) is 56.8 Å². The van der Waals surface area contributed by atoms with E-state index in [9.17, 15) is 9.59 Å². The predicted octanol–water partition coefficient (Wildman–Crippen LogP) is 4.47. The van der Waals surface area contributed by atoms with Gasteiger partial charge in [0.25, 0.3) is 0 Å². The Bertz CT molecular complexity index is 711. The van der Waals surface area contributed by atoms with E-state index in [0.717, 1.165) is 5.56 Å². The molecule has 1 aromatic heterocycles. The minimum Gasteiger partial charge on any atom is -0.318 e. The van der Waals surface area contributed by atoms with E-state index in [4.69, 9.17) is 11.6 Å². The SMILES string of the molecule is O=C(CN(C1CCCCC1)C1CCCCC1)N1CCN(Cc2ccc(Cl)nc2)C1=O. The molecule has 2 saturated carbocycles. The van der Waals surface area contributed by atoms with Gasteiger partial charge in [-0.25, -0.2) is 9.78 Å². The fourth-order valence-electron chi connectivity index (χ4n) is 5.30. The van der Waals surface area contributed by atoms with Gasteiger partial charge in [0, 0.05) is 37.9 Å². The van der Waals surface area contributed by atoms with E-state index in [0.29, 0.717) is 43.4 Å². The third kappa shape index (κ3) is 5.14. The Hall–Kier alpha value is -1.66. The molecular weight excluding hydrogens is 400 g/mol. The highest BCUT2D eigenvalue weighted by atomic mass is 35.5. The molecule has 30 heavy (non-hydrogen) atoms. The first-order valence-corrected chi connectivity index (χ1v) is 11.9. The maximum atomic E-state index is 13.2. The first kappa shape index (κ1) is 21.6. The summed E-state index contributed by atoms with van der Waals surface area (Å²) in [6.07, 6.45) is 14.1. The van der Waals surface area contributed by atoms with Crippen LogP contribution in [0.4, 0.5) is 4.79 Å². The number of carbonyl (C=O) groups is 2. The molecule has 3 fully saturated rings. The Labute approximate surface area is 184 Å². The van der Waals surface area contributed by atoms with Gasteiger partial charge in [-0.1, -0.05) is 56.2 Å². The second kappa shape index (κ2) is 10.1. The molecule has 2 heterocycles. The van der Waals surface area contributed by atoms with Crippen LogP contribution in [0, 0.1) is 0 Å². The second-order valence-corrected chi connectivity index (χ2v) is 9.38. The van der Waals surface area contributed by atoms with Crippen LogP contribution in [0.2, 0.25) is 5.15 Å². The van der Waals surface area contributed by atoms with Gasteiger partial charge in [-0.05, 0) is 37.3 Å². The van der Waals surface area contributed by atoms with Crippen molar-refractivity contribution >= 4 is 23.5 Å². The molecule has 1 aliphatic heterocycles. The molecule has 164 valence electrons. The lowest BCUT2D eigenvalue weighted by Crippen LogP contribution is -2.51. The molecule has 6 nitrogen and oxygen atoms in total. The van der Waals surface area contributed by atoms with Crippen molar-refractivity contribution < 1.29 is 9.59 Å². The summed E-state index contributed by atoms with van der Waals surface area (Å²) < 4.78 is 0. The van der Waals surface area contributed by atoms with Crippen molar-refractivity contribution in [3.63, 3.8) is 0 Å². The number of pyridine rings is 1. The third-order valence-electron chi connectivity index (χ3n) is 6.96. The molecule has 0 N–H and O–H groups in total. The summed E-state index contributed by atoms with van der Waals surface area (Å²) in [5.74, 6) is -0.0344. The van der Waals surface area contributed by atoms with Gasteiger partial charge >= 0.3 is 6.03 Å². The van der Waals surface area contributed by atoms with E-state index < -0.39 is 0 Å². The third-order valence-corrected chi connectivity index (χ3v) is 7.19. The lowest BCUT2D eigenvalue weighted by molar-refractivity contribution is -0.130. The average molecular weight is 433 g/mol. The van der Waals surface area contributed by atoms with Gasteiger partial charge in [0.1, 0.15) is 5.15 Å². The number of nitrogens with zero attached hydrogens (tertiary/aromatic N) is 4. The van der Waals surface area contributed by atoms with E-state index >= 15 is 0 Å². The van der Waals surface area contributed by atoms with Crippen LogP contribution in [0.5, 0.6) is 0 Å². The van der Waals surface area contributed by atoms with E-state index in [1.807, 2.05) is 6.07 Å². The molecule has 7 heteroatoms. The molecule has 1 aromatic rings. The highest BCUT2D eigenvalue weighted by Gasteiger charge is 2.36. The van der Waals surface area contributed by atoms with Crippen molar-refractivity contribution in [3.05, 3.63) is 29.0 Å². The second-order valence-electron chi connectivity index (χ2n) is 8.99. The van der Waals surface area contributed by atoms with Crippen molar-refractivity contribution in [2.75, 3.05) is 19.6 Å². The summed E-state index contributed by atoms with van der Waals surface area (Å²) in [5, 5.41) is 0.439. The molecule has 3 amide bonds. The van der Waals surface area contributed by atoms with E-state index in [2.05, 4.69) is 9.88 Å². The minimum atomic E-state index is -0.179. The molecule has 0 bridgehead atoms. The van der Waals surface area contributed by atoms with Crippen LogP contribution in [0.1, 0.15) is 69.8 Å². The molecule has 0 aromatic carbocycles. The van der Waals surface area contributed by atoms with Crippen molar-refractivity contribution in [2.45, 2.75) is 82.8 Å². The normalized spacial score (nSPS) is 21.6. The number of hydrogen-bond donors (Lipinski definition) is 0. The van der Waals surface area contributed by atoms with Crippen molar-refractivity contribution in [2.24, 2.45) is 0 Å². The summed E-state index contributed by atoms with van der Waals surface area (Å²) in [5.41, 5.74) is 0.924. The van der Waals surface area contributed by atoms with Crippen molar-refractivity contribution in [1.29, 1.82) is 0 Å². The number of aromatic nitrogens is 1. The van der Waals surface area contributed by atoms with Gasteiger partial charge in [0.15, 0.2) is 0 Å². The lowest BCUT2D eigenvalue weighted by atomic mass is 9.88. The maximum Gasteiger partial charge on any atom is 0.327 e. The van der Waals surface area contributed by atoms with Crippen LogP contribution in [-0.2, 0) is 11.3 Å². The molecule has 1 saturated heterocycles. The Morgan fingerprint density at radius 1 is 1.00 bits per heavy atom. The summed E-state index contributed by atoms with van der Waals surface area (Å²) in [7, 11) is 0. The van der Waals surface area contributed by atoms with Gasteiger partial charge in [-0.3, -0.25) is 14.6 Å². The summed E-state index contributed by atoms with van der Waals surface area (Å²) >= 11 is 5.85. The number of amides is 3. The minimum absolute atomic E-state index is 0.0344. The van der Waals surface area contributed by atoms with Gasteiger partial charge in [0.05, 0.1) is 6.54 Å². The zero-order valence-electron chi connectivity index (χ0n) is 17.8. The standard InChI is InChI=1S/C23H33ClN4O2/c24-21-12-11-18(15-25-21)16-26-13-14-27(23(26)30)22(29)17-28(19-7-3-1-4-8-19)20-9-5-2-6-10-20/h11-12,15,19-20H,1-10,13-14,16-17H2. The first-order valence-electron chi connectivity index (χ1n) is 11.6. The lowest BCUT2D eigenvalue weighted by Gasteiger charge is -2.41. The number of urea groups is 1. The largest absolute Gasteiger partial charge is 0.327 e. The fraction of sp³-hybridized carbons (Fsp3) is 0.696. The number of rotatable bonds is 6.